The molecule has 108 valence electrons. The number of nitrogens with zero attached hydrogens (tertiary/aromatic N) is 3. The Labute approximate surface area is 120 Å². The van der Waals surface area contributed by atoms with Crippen LogP contribution >= 0.6 is 0 Å². The van der Waals surface area contributed by atoms with Gasteiger partial charge in [-0.05, 0) is 57.3 Å². The topological polar surface area (TPSA) is 55.0 Å². The molecule has 2 N–H and O–H groups in total. The molecule has 0 unspecified atom stereocenters. The first-order valence-corrected chi connectivity index (χ1v) is 8.09. The number of anilines is 2. The van der Waals surface area contributed by atoms with Gasteiger partial charge in [-0.3, -0.25) is 0 Å². The average molecular weight is 272 g/mol. The molecule has 0 spiro atoms. The zero-order valence-corrected chi connectivity index (χ0v) is 12.3. The lowest BCUT2D eigenvalue weighted by Crippen LogP contribution is -2.30. The van der Waals surface area contributed by atoms with Crippen molar-refractivity contribution in [1.29, 1.82) is 0 Å². The van der Waals surface area contributed by atoms with Crippen LogP contribution in [0.15, 0.2) is 0 Å². The molecule has 4 nitrogen and oxygen atoms in total. The molecule has 20 heavy (non-hydrogen) atoms. The van der Waals surface area contributed by atoms with E-state index in [1.807, 2.05) is 0 Å². The van der Waals surface area contributed by atoms with E-state index in [4.69, 9.17) is 10.7 Å². The molecule has 0 bridgehead atoms. The van der Waals surface area contributed by atoms with Gasteiger partial charge in [0.2, 0.25) is 0 Å². The monoisotopic (exact) mass is 272 g/mol. The molecule has 1 heterocycles. The van der Waals surface area contributed by atoms with Crippen LogP contribution in [-0.4, -0.2) is 23.1 Å². The summed E-state index contributed by atoms with van der Waals surface area (Å²) in [4.78, 5) is 11.9. The summed E-state index contributed by atoms with van der Waals surface area (Å²) in [6, 6.07) is 0. The minimum atomic E-state index is 0.570. The predicted octanol–water partition coefficient (Wildman–Crippen LogP) is 2.87. The Morgan fingerprint density at radius 2 is 1.60 bits per heavy atom. The van der Waals surface area contributed by atoms with Gasteiger partial charge >= 0.3 is 0 Å². The zero-order chi connectivity index (χ0) is 13.7. The van der Waals surface area contributed by atoms with E-state index >= 15 is 0 Å². The Morgan fingerprint density at radius 3 is 2.10 bits per heavy atom. The maximum absolute atomic E-state index is 6.14. The van der Waals surface area contributed by atoms with Gasteiger partial charge in [-0.2, -0.15) is 0 Å². The third kappa shape index (κ3) is 2.60. The van der Waals surface area contributed by atoms with Crippen molar-refractivity contribution in [1.82, 2.24) is 9.97 Å². The Bertz CT molecular complexity index is 501. The van der Waals surface area contributed by atoms with Gasteiger partial charge in [0, 0.05) is 24.6 Å². The summed E-state index contributed by atoms with van der Waals surface area (Å²) in [5.74, 6) is 5.13. The van der Waals surface area contributed by atoms with Crippen LogP contribution in [-0.2, 0) is 0 Å². The Balaban J connectivity index is 1.64. The Hall–Kier alpha value is -1.32. The minimum Gasteiger partial charge on any atom is -0.383 e. The van der Waals surface area contributed by atoms with Crippen molar-refractivity contribution in [3.63, 3.8) is 0 Å². The Kier molecular flexibility index (Phi) is 2.86. The van der Waals surface area contributed by atoms with Gasteiger partial charge in [0.25, 0.3) is 0 Å². The van der Waals surface area contributed by atoms with Gasteiger partial charge in [0.1, 0.15) is 17.5 Å². The van der Waals surface area contributed by atoms with Gasteiger partial charge in [0.15, 0.2) is 0 Å². The summed E-state index contributed by atoms with van der Waals surface area (Å²) in [5.41, 5.74) is 7.22. The van der Waals surface area contributed by atoms with Crippen LogP contribution in [0.5, 0.6) is 0 Å². The first-order chi connectivity index (χ1) is 9.70. The van der Waals surface area contributed by atoms with E-state index in [-0.39, 0.29) is 0 Å². The molecule has 1 aromatic heterocycles. The average Bonchev–Trinajstić information content (AvgIpc) is 3.25. The fraction of sp³-hybridized carbons (Fsp3) is 0.750. The molecule has 0 atom stereocenters. The summed E-state index contributed by atoms with van der Waals surface area (Å²) >= 11 is 0. The molecular formula is C16H24N4. The first-order valence-electron chi connectivity index (χ1n) is 8.09. The van der Waals surface area contributed by atoms with E-state index in [2.05, 4.69) is 16.8 Å². The second-order valence-electron chi connectivity index (χ2n) is 6.98. The molecule has 3 saturated carbocycles. The third-order valence-electron chi connectivity index (χ3n) is 4.77. The molecule has 0 radical (unpaired) electrons. The number of hydrogen-bond acceptors (Lipinski definition) is 4. The lowest BCUT2D eigenvalue weighted by molar-refractivity contribution is 0.665. The summed E-state index contributed by atoms with van der Waals surface area (Å²) in [5, 5.41) is 0. The van der Waals surface area contributed by atoms with Gasteiger partial charge in [-0.25, -0.2) is 9.97 Å². The fourth-order valence-electron chi connectivity index (χ4n) is 2.84. The number of nitrogens with two attached hydrogens (primary N) is 1. The van der Waals surface area contributed by atoms with Crippen LogP contribution in [0.25, 0.3) is 0 Å². The molecule has 1 aromatic rings. The largest absolute Gasteiger partial charge is 0.383 e. The third-order valence-corrected chi connectivity index (χ3v) is 4.77. The highest BCUT2D eigenvalue weighted by Gasteiger charge is 2.33. The van der Waals surface area contributed by atoms with E-state index in [9.17, 15) is 0 Å². The second-order valence-corrected chi connectivity index (χ2v) is 6.98. The molecule has 0 saturated heterocycles. The maximum atomic E-state index is 6.14. The standard InChI is InChI=1S/C16H24N4/c1-10-14(17)18-15(13-6-7-13)19-16(10)20(8-11-2-3-11)9-12-4-5-12/h11-13H,2-9H2,1H3,(H2,17,18,19). The summed E-state index contributed by atoms with van der Waals surface area (Å²) in [7, 11) is 0. The van der Waals surface area contributed by atoms with Crippen LogP contribution in [0.1, 0.15) is 55.8 Å². The number of hydrogen-bond donors (Lipinski definition) is 1. The van der Waals surface area contributed by atoms with E-state index in [1.165, 1.54) is 38.5 Å². The summed E-state index contributed by atoms with van der Waals surface area (Å²) < 4.78 is 0. The van der Waals surface area contributed by atoms with Crippen molar-refractivity contribution in [2.24, 2.45) is 11.8 Å². The van der Waals surface area contributed by atoms with E-state index in [0.29, 0.717) is 11.7 Å². The lowest BCUT2D eigenvalue weighted by atomic mass is 10.2. The predicted molar refractivity (Wildman–Crippen MR) is 80.8 cm³/mol. The molecule has 0 aromatic carbocycles. The van der Waals surface area contributed by atoms with E-state index in [0.717, 1.165) is 42.1 Å². The molecule has 4 heteroatoms. The highest BCUT2D eigenvalue weighted by atomic mass is 15.2. The van der Waals surface area contributed by atoms with Crippen molar-refractivity contribution >= 4 is 11.6 Å². The normalized spacial score (nSPS) is 22.1. The van der Waals surface area contributed by atoms with Crippen molar-refractivity contribution in [3.8, 4) is 0 Å². The molecule has 0 aliphatic heterocycles. The van der Waals surface area contributed by atoms with Crippen molar-refractivity contribution in [3.05, 3.63) is 11.4 Å². The Morgan fingerprint density at radius 1 is 1.00 bits per heavy atom. The quantitative estimate of drug-likeness (QED) is 0.865. The summed E-state index contributed by atoms with van der Waals surface area (Å²) in [6.07, 6.45) is 8.00. The number of aromatic nitrogens is 2. The molecule has 0 amide bonds. The lowest BCUT2D eigenvalue weighted by Gasteiger charge is -2.26. The molecule has 3 aliphatic carbocycles. The van der Waals surface area contributed by atoms with Crippen LogP contribution in [0.4, 0.5) is 11.6 Å². The molecule has 3 fully saturated rings. The van der Waals surface area contributed by atoms with Crippen LogP contribution in [0.3, 0.4) is 0 Å². The van der Waals surface area contributed by atoms with Crippen molar-refractivity contribution in [2.75, 3.05) is 23.7 Å². The molecular weight excluding hydrogens is 248 g/mol. The minimum absolute atomic E-state index is 0.570. The highest BCUT2D eigenvalue weighted by molar-refractivity contribution is 5.57. The van der Waals surface area contributed by atoms with Crippen molar-refractivity contribution < 1.29 is 0 Å². The number of nitrogen functional groups attached to an aromatic ring is 1. The van der Waals surface area contributed by atoms with Crippen LogP contribution in [0, 0.1) is 18.8 Å². The summed E-state index contributed by atoms with van der Waals surface area (Å²) in [6.45, 7) is 4.41. The van der Waals surface area contributed by atoms with Gasteiger partial charge < -0.3 is 10.6 Å². The van der Waals surface area contributed by atoms with Gasteiger partial charge in [0.05, 0.1) is 0 Å². The first kappa shape index (κ1) is 12.4. The van der Waals surface area contributed by atoms with Crippen LogP contribution < -0.4 is 10.6 Å². The van der Waals surface area contributed by atoms with Crippen molar-refractivity contribution in [2.45, 2.75) is 51.4 Å². The molecule has 4 rings (SSSR count). The highest BCUT2D eigenvalue weighted by Crippen LogP contribution is 2.41. The zero-order valence-electron chi connectivity index (χ0n) is 12.3. The van der Waals surface area contributed by atoms with E-state index in [1.54, 1.807) is 0 Å². The molecule has 3 aliphatic rings. The van der Waals surface area contributed by atoms with Gasteiger partial charge in [-0.1, -0.05) is 0 Å². The SMILES string of the molecule is Cc1c(N)nc(C2CC2)nc1N(CC1CC1)CC1CC1. The second kappa shape index (κ2) is 4.61. The smallest absolute Gasteiger partial charge is 0.137 e. The number of rotatable bonds is 6. The fourth-order valence-corrected chi connectivity index (χ4v) is 2.84. The van der Waals surface area contributed by atoms with Gasteiger partial charge in [-0.15, -0.1) is 0 Å². The van der Waals surface area contributed by atoms with Crippen LogP contribution in [0.2, 0.25) is 0 Å². The maximum Gasteiger partial charge on any atom is 0.137 e. The van der Waals surface area contributed by atoms with E-state index < -0.39 is 0 Å².